The SMILES string of the molecule is CC1(C)c2ccc3cc2-c2cc(ccc21)N(c1ccc2c(c1)c1ccccc1n2-c1cccc2ccccc12)c1cccc(c1)-c1cccc(c1)N3c1ccc2c(c1)oc1ccccc12. The van der Waals surface area contributed by atoms with Crippen molar-refractivity contribution < 1.29 is 4.42 Å². The number of hydrogen-bond donors (Lipinski definition) is 0. The molecule has 3 heterocycles. The van der Waals surface area contributed by atoms with Gasteiger partial charge in [0.05, 0.1) is 16.7 Å². The zero-order valence-corrected chi connectivity index (χ0v) is 36.0. The molecular formula is C61H41N3O. The topological polar surface area (TPSA) is 24.6 Å². The van der Waals surface area contributed by atoms with Gasteiger partial charge in [-0.2, -0.15) is 0 Å². The number of para-hydroxylation sites is 2. The second kappa shape index (κ2) is 13.3. The van der Waals surface area contributed by atoms with Gasteiger partial charge in [0.1, 0.15) is 11.2 Å². The number of benzene rings is 10. The lowest BCUT2D eigenvalue weighted by Crippen LogP contribution is -2.16. The Morgan fingerprint density at radius 3 is 1.62 bits per heavy atom. The number of nitrogens with zero attached hydrogens (tertiary/aromatic N) is 3. The Kier molecular flexibility index (Phi) is 7.42. The normalized spacial score (nSPS) is 13.8. The van der Waals surface area contributed by atoms with Crippen molar-refractivity contribution in [3.05, 3.63) is 223 Å². The zero-order valence-electron chi connectivity index (χ0n) is 36.0. The molecule has 0 radical (unpaired) electrons. The molecule has 0 saturated heterocycles. The van der Waals surface area contributed by atoms with E-state index in [1.807, 2.05) is 12.1 Å². The summed E-state index contributed by atoms with van der Waals surface area (Å²) in [4.78, 5) is 4.84. The van der Waals surface area contributed by atoms with Gasteiger partial charge in [0.2, 0.25) is 0 Å². The van der Waals surface area contributed by atoms with Crippen LogP contribution in [0, 0.1) is 0 Å². The summed E-state index contributed by atoms with van der Waals surface area (Å²) in [6.45, 7) is 4.73. The summed E-state index contributed by atoms with van der Waals surface area (Å²) in [5.74, 6) is 0. The Morgan fingerprint density at radius 2 is 0.877 bits per heavy atom. The molecule has 1 aliphatic carbocycles. The molecule has 0 atom stereocenters. The van der Waals surface area contributed by atoms with E-state index in [1.54, 1.807) is 0 Å². The van der Waals surface area contributed by atoms with Crippen molar-refractivity contribution >= 4 is 88.6 Å². The predicted molar refractivity (Wildman–Crippen MR) is 271 cm³/mol. The molecule has 8 bridgehead atoms. The summed E-state index contributed by atoms with van der Waals surface area (Å²) < 4.78 is 8.91. The van der Waals surface area contributed by atoms with Crippen LogP contribution in [0.1, 0.15) is 25.0 Å². The van der Waals surface area contributed by atoms with Crippen molar-refractivity contribution in [3.63, 3.8) is 0 Å². The lowest BCUT2D eigenvalue weighted by Gasteiger charge is -2.28. The molecule has 0 fully saturated rings. The third kappa shape index (κ3) is 5.25. The highest BCUT2D eigenvalue weighted by Gasteiger charge is 2.37. The average molecular weight is 832 g/mol. The van der Waals surface area contributed by atoms with E-state index in [2.05, 4.69) is 228 Å². The minimum absolute atomic E-state index is 0.180. The molecule has 2 aromatic heterocycles. The number of hydrogen-bond acceptors (Lipinski definition) is 3. The van der Waals surface area contributed by atoms with E-state index in [-0.39, 0.29) is 5.41 Å². The lowest BCUT2D eigenvalue weighted by molar-refractivity contribution is 0.660. The van der Waals surface area contributed by atoms with Crippen molar-refractivity contribution in [2.45, 2.75) is 19.3 Å². The summed E-state index contributed by atoms with van der Waals surface area (Å²) in [5.41, 5.74) is 19.2. The predicted octanol–water partition coefficient (Wildman–Crippen LogP) is 17.1. The Labute approximate surface area is 376 Å². The van der Waals surface area contributed by atoms with Gasteiger partial charge in [0.25, 0.3) is 0 Å². The molecule has 0 N–H and O–H groups in total. The van der Waals surface area contributed by atoms with Crippen LogP contribution in [0.15, 0.2) is 217 Å². The van der Waals surface area contributed by atoms with Crippen LogP contribution >= 0.6 is 0 Å². The molecule has 2 aliphatic rings. The second-order valence-electron chi connectivity index (χ2n) is 18.2. The third-order valence-electron chi connectivity index (χ3n) is 14.2. The second-order valence-corrected chi connectivity index (χ2v) is 18.2. The molecule has 0 saturated carbocycles. The molecule has 65 heavy (non-hydrogen) atoms. The minimum atomic E-state index is -0.180. The van der Waals surface area contributed by atoms with Gasteiger partial charge in [-0.25, -0.2) is 0 Å². The van der Waals surface area contributed by atoms with E-state index in [9.17, 15) is 0 Å². The molecule has 0 unspecified atom stereocenters. The Hall–Kier alpha value is -8.34. The summed E-state index contributed by atoms with van der Waals surface area (Å²) in [7, 11) is 0. The zero-order chi connectivity index (χ0) is 43.0. The fourth-order valence-corrected chi connectivity index (χ4v) is 11.2. The molecule has 4 heteroatoms. The van der Waals surface area contributed by atoms with Gasteiger partial charge >= 0.3 is 0 Å². The van der Waals surface area contributed by atoms with Gasteiger partial charge in [-0.05, 0) is 136 Å². The van der Waals surface area contributed by atoms with E-state index >= 15 is 0 Å². The first-order valence-electron chi connectivity index (χ1n) is 22.5. The summed E-state index contributed by atoms with van der Waals surface area (Å²) in [6, 6.07) is 78.3. The van der Waals surface area contributed by atoms with E-state index in [0.717, 1.165) is 67.2 Å². The number of furan rings is 1. The number of fused-ring (bicyclic) bond motifs is 14. The maximum absolute atomic E-state index is 6.47. The minimum Gasteiger partial charge on any atom is -0.456 e. The maximum atomic E-state index is 6.47. The highest BCUT2D eigenvalue weighted by atomic mass is 16.3. The summed E-state index contributed by atoms with van der Waals surface area (Å²) in [5, 5.41) is 7.16. The largest absolute Gasteiger partial charge is 0.456 e. The van der Waals surface area contributed by atoms with Gasteiger partial charge in [0.15, 0.2) is 0 Å². The fourth-order valence-electron chi connectivity index (χ4n) is 11.2. The van der Waals surface area contributed by atoms with Gasteiger partial charge in [-0.15, -0.1) is 0 Å². The average Bonchev–Trinajstić information content (AvgIpc) is 3.96. The Morgan fingerprint density at radius 1 is 0.354 bits per heavy atom. The van der Waals surface area contributed by atoms with E-state index in [0.29, 0.717) is 0 Å². The van der Waals surface area contributed by atoms with Crippen LogP contribution in [0.4, 0.5) is 34.1 Å². The third-order valence-corrected chi connectivity index (χ3v) is 14.2. The Balaban J connectivity index is 0.998. The van der Waals surface area contributed by atoms with Gasteiger partial charge in [-0.3, -0.25) is 0 Å². The first-order chi connectivity index (χ1) is 32.0. The van der Waals surface area contributed by atoms with Gasteiger partial charge in [0, 0.05) is 72.5 Å². The van der Waals surface area contributed by atoms with Crippen LogP contribution in [0.5, 0.6) is 0 Å². The first-order valence-corrected chi connectivity index (χ1v) is 22.5. The smallest absolute Gasteiger partial charge is 0.137 e. The van der Waals surface area contributed by atoms with Gasteiger partial charge in [-0.1, -0.05) is 123 Å². The molecule has 12 aromatic rings. The van der Waals surface area contributed by atoms with E-state index in [1.165, 1.54) is 60.5 Å². The molecule has 0 amide bonds. The Bertz CT molecular complexity index is 3960. The number of anilines is 6. The standard InChI is InChI=1S/C61H41N3O/c1-61(2)54-29-25-43-34-51(54)52-35-44(26-30-55(52)61)63(46-24-28-50-49-20-6-8-23-59(49)65-60(50)37-46)42-17-10-15-40(33-42)39-14-9-16-41(32-39)62(43)45-27-31-58-53(36-45)48-19-5-7-21-57(48)64(58)56-22-11-13-38-12-3-4-18-47(38)56/h3-37H,1-2H3. The van der Waals surface area contributed by atoms with Crippen LogP contribution in [-0.2, 0) is 5.41 Å². The van der Waals surface area contributed by atoms with Gasteiger partial charge < -0.3 is 18.8 Å². The quantitative estimate of drug-likeness (QED) is 0.177. The molecule has 0 spiro atoms. The number of aromatic nitrogens is 1. The number of rotatable bonds is 3. The molecule has 14 rings (SSSR count). The summed E-state index contributed by atoms with van der Waals surface area (Å²) in [6.07, 6.45) is 0. The molecule has 4 nitrogen and oxygen atoms in total. The van der Waals surface area contributed by atoms with E-state index in [4.69, 9.17) is 4.42 Å². The maximum Gasteiger partial charge on any atom is 0.137 e. The molecular weight excluding hydrogens is 791 g/mol. The molecule has 1 aliphatic heterocycles. The van der Waals surface area contributed by atoms with Crippen LogP contribution in [0.25, 0.3) is 82.5 Å². The van der Waals surface area contributed by atoms with E-state index < -0.39 is 0 Å². The van der Waals surface area contributed by atoms with Crippen LogP contribution in [0.2, 0.25) is 0 Å². The highest BCUT2D eigenvalue weighted by molar-refractivity contribution is 6.12. The lowest BCUT2D eigenvalue weighted by atomic mass is 9.82. The fraction of sp³-hybridized carbons (Fsp3) is 0.0492. The van der Waals surface area contributed by atoms with Crippen LogP contribution in [-0.4, -0.2) is 4.57 Å². The molecule has 10 aromatic carbocycles. The van der Waals surface area contributed by atoms with Crippen molar-refractivity contribution in [3.8, 4) is 27.9 Å². The van der Waals surface area contributed by atoms with Crippen LogP contribution < -0.4 is 9.80 Å². The van der Waals surface area contributed by atoms with Crippen molar-refractivity contribution in [2.75, 3.05) is 9.80 Å². The van der Waals surface area contributed by atoms with Crippen molar-refractivity contribution in [1.82, 2.24) is 4.57 Å². The van der Waals surface area contributed by atoms with Crippen molar-refractivity contribution in [2.24, 2.45) is 0 Å². The first kappa shape index (κ1) is 36.2. The molecule has 306 valence electrons. The summed E-state index contributed by atoms with van der Waals surface area (Å²) >= 11 is 0. The van der Waals surface area contributed by atoms with Crippen LogP contribution in [0.3, 0.4) is 0 Å². The monoisotopic (exact) mass is 831 g/mol. The van der Waals surface area contributed by atoms with Crippen molar-refractivity contribution in [1.29, 1.82) is 0 Å². The highest BCUT2D eigenvalue weighted by Crippen LogP contribution is 2.53.